The molecular weight excluding hydrogens is 260 g/mol. The number of hydrogen-bond donors (Lipinski definition) is 1. The number of anilines is 1. The van der Waals surface area contributed by atoms with Crippen molar-refractivity contribution in [2.45, 2.75) is 45.6 Å². The molecule has 3 nitrogen and oxygen atoms in total. The highest BCUT2D eigenvalue weighted by Crippen LogP contribution is 2.43. The van der Waals surface area contributed by atoms with Gasteiger partial charge >= 0.3 is 0 Å². The highest BCUT2D eigenvalue weighted by Gasteiger charge is 2.31. The topological polar surface area (TPSA) is 43.8 Å². The van der Waals surface area contributed by atoms with Gasteiger partial charge < -0.3 is 10.3 Å². The lowest BCUT2D eigenvalue weighted by Crippen LogP contribution is -2.25. The first-order valence-electron chi connectivity index (χ1n) is 7.00. The molecule has 0 radical (unpaired) electrons. The van der Waals surface area contributed by atoms with E-state index in [-0.39, 0.29) is 22.9 Å². The Morgan fingerprint density at radius 3 is 2.80 bits per heavy atom. The second-order valence-corrected chi connectivity index (χ2v) is 6.51. The number of nitrogens with zero attached hydrogens (tertiary/aromatic N) is 2. The van der Waals surface area contributed by atoms with Crippen LogP contribution in [0.25, 0.3) is 11.0 Å². The Kier molecular flexibility index (Phi) is 2.96. The molecular formula is C15H19F2N3. The molecule has 1 aromatic heterocycles. The van der Waals surface area contributed by atoms with E-state index in [9.17, 15) is 8.78 Å². The average molecular weight is 279 g/mol. The standard InChI is InChI=1S/C15H19F2N3/c1-15(2)5-3-4-10(8-15)20-12-7-9(16)6-11(17)13(12)19-14(20)18/h6-7,10H,3-5,8H2,1-2H3,(H2,18,19). The number of nitrogens with two attached hydrogens (primary N) is 1. The largest absolute Gasteiger partial charge is 0.369 e. The monoisotopic (exact) mass is 279 g/mol. The number of rotatable bonds is 1. The molecule has 1 heterocycles. The minimum Gasteiger partial charge on any atom is -0.369 e. The summed E-state index contributed by atoms with van der Waals surface area (Å²) in [5, 5.41) is 0. The summed E-state index contributed by atoms with van der Waals surface area (Å²) in [6.07, 6.45) is 4.17. The summed E-state index contributed by atoms with van der Waals surface area (Å²) < 4.78 is 29.1. The number of hydrogen-bond acceptors (Lipinski definition) is 2. The maximum absolute atomic E-state index is 13.8. The molecule has 1 unspecified atom stereocenters. The van der Waals surface area contributed by atoms with Crippen LogP contribution in [0.4, 0.5) is 14.7 Å². The van der Waals surface area contributed by atoms with Crippen LogP contribution in [0.3, 0.4) is 0 Å². The molecule has 1 aromatic carbocycles. The molecule has 108 valence electrons. The number of nitrogen functional groups attached to an aromatic ring is 1. The minimum atomic E-state index is -0.652. The van der Waals surface area contributed by atoms with Gasteiger partial charge in [0.05, 0.1) is 5.52 Å². The van der Waals surface area contributed by atoms with Gasteiger partial charge in [-0.3, -0.25) is 0 Å². The van der Waals surface area contributed by atoms with Crippen molar-refractivity contribution in [3.05, 3.63) is 23.8 Å². The number of halogens is 2. The Morgan fingerprint density at radius 2 is 2.10 bits per heavy atom. The van der Waals surface area contributed by atoms with E-state index in [1.54, 1.807) is 0 Å². The van der Waals surface area contributed by atoms with E-state index >= 15 is 0 Å². The summed E-state index contributed by atoms with van der Waals surface area (Å²) in [7, 11) is 0. The first kappa shape index (κ1) is 13.3. The van der Waals surface area contributed by atoms with Crippen LogP contribution >= 0.6 is 0 Å². The molecule has 20 heavy (non-hydrogen) atoms. The van der Waals surface area contributed by atoms with Gasteiger partial charge in [0.2, 0.25) is 5.95 Å². The summed E-state index contributed by atoms with van der Waals surface area (Å²) in [5.41, 5.74) is 6.79. The van der Waals surface area contributed by atoms with Crippen molar-refractivity contribution in [3.63, 3.8) is 0 Å². The van der Waals surface area contributed by atoms with Crippen molar-refractivity contribution in [2.24, 2.45) is 5.41 Å². The molecule has 2 aromatic rings. The van der Waals surface area contributed by atoms with E-state index in [2.05, 4.69) is 18.8 Å². The molecule has 0 saturated heterocycles. The Hall–Kier alpha value is -1.65. The quantitative estimate of drug-likeness (QED) is 0.856. The fourth-order valence-corrected chi connectivity index (χ4v) is 3.40. The van der Waals surface area contributed by atoms with Crippen LogP contribution < -0.4 is 5.73 Å². The van der Waals surface area contributed by atoms with Crippen LogP contribution in [-0.2, 0) is 0 Å². The van der Waals surface area contributed by atoms with Crippen molar-refractivity contribution < 1.29 is 8.78 Å². The second-order valence-electron chi connectivity index (χ2n) is 6.51. The van der Waals surface area contributed by atoms with Crippen LogP contribution in [0.15, 0.2) is 12.1 Å². The van der Waals surface area contributed by atoms with E-state index in [4.69, 9.17) is 5.73 Å². The van der Waals surface area contributed by atoms with Gasteiger partial charge in [-0.1, -0.05) is 20.3 Å². The van der Waals surface area contributed by atoms with Gasteiger partial charge in [0.1, 0.15) is 11.3 Å². The fraction of sp³-hybridized carbons (Fsp3) is 0.533. The second kappa shape index (κ2) is 4.43. The molecule has 1 saturated carbocycles. The number of fused-ring (bicyclic) bond motifs is 1. The summed E-state index contributed by atoms with van der Waals surface area (Å²) in [6.45, 7) is 4.44. The Labute approximate surface area is 116 Å². The van der Waals surface area contributed by atoms with Crippen molar-refractivity contribution in [1.29, 1.82) is 0 Å². The number of aromatic nitrogens is 2. The molecule has 0 bridgehead atoms. The summed E-state index contributed by atoms with van der Waals surface area (Å²) in [4.78, 5) is 4.08. The Bertz CT molecular complexity index is 661. The first-order chi connectivity index (χ1) is 9.37. The minimum absolute atomic E-state index is 0.157. The van der Waals surface area contributed by atoms with Gasteiger partial charge in [-0.15, -0.1) is 0 Å². The smallest absolute Gasteiger partial charge is 0.201 e. The predicted octanol–water partition coefficient (Wildman–Crippen LogP) is 4.04. The van der Waals surface area contributed by atoms with Gasteiger partial charge in [0, 0.05) is 18.2 Å². The molecule has 3 rings (SSSR count). The van der Waals surface area contributed by atoms with Crippen molar-refractivity contribution in [2.75, 3.05) is 5.73 Å². The highest BCUT2D eigenvalue weighted by molar-refractivity contribution is 5.79. The molecule has 2 N–H and O–H groups in total. The molecule has 1 aliphatic carbocycles. The third-order valence-corrected chi connectivity index (χ3v) is 4.29. The van der Waals surface area contributed by atoms with Gasteiger partial charge in [-0.25, -0.2) is 13.8 Å². The van der Waals surface area contributed by atoms with E-state index in [1.165, 1.54) is 12.5 Å². The normalized spacial score (nSPS) is 22.3. The van der Waals surface area contributed by atoms with Crippen LogP contribution in [0, 0.1) is 17.0 Å². The molecule has 1 fully saturated rings. The zero-order valence-corrected chi connectivity index (χ0v) is 11.8. The molecule has 0 amide bonds. The van der Waals surface area contributed by atoms with Gasteiger partial charge in [0.25, 0.3) is 0 Å². The highest BCUT2D eigenvalue weighted by atomic mass is 19.1. The predicted molar refractivity (Wildman–Crippen MR) is 75.3 cm³/mol. The van der Waals surface area contributed by atoms with E-state index in [0.29, 0.717) is 5.52 Å². The maximum Gasteiger partial charge on any atom is 0.201 e. The Morgan fingerprint density at radius 1 is 1.35 bits per heavy atom. The third-order valence-electron chi connectivity index (χ3n) is 4.29. The molecule has 0 aliphatic heterocycles. The lowest BCUT2D eigenvalue weighted by molar-refractivity contribution is 0.187. The van der Waals surface area contributed by atoms with Gasteiger partial charge in [-0.05, 0) is 24.7 Å². The van der Waals surface area contributed by atoms with Crippen molar-refractivity contribution >= 4 is 17.0 Å². The van der Waals surface area contributed by atoms with E-state index < -0.39 is 11.6 Å². The summed E-state index contributed by atoms with van der Waals surface area (Å²) in [5.74, 6) is -0.973. The number of benzene rings is 1. The zero-order chi connectivity index (χ0) is 14.5. The van der Waals surface area contributed by atoms with Gasteiger partial charge in [0.15, 0.2) is 5.82 Å². The average Bonchev–Trinajstić information content (AvgIpc) is 2.64. The SMILES string of the molecule is CC1(C)CCCC(n2c(N)nc3c(F)cc(F)cc32)C1. The van der Waals surface area contributed by atoms with Crippen LogP contribution in [0.1, 0.15) is 45.6 Å². The molecule has 0 spiro atoms. The Balaban J connectivity index is 2.13. The van der Waals surface area contributed by atoms with Crippen molar-refractivity contribution in [3.8, 4) is 0 Å². The van der Waals surface area contributed by atoms with Crippen LogP contribution in [-0.4, -0.2) is 9.55 Å². The molecule has 1 aliphatic rings. The first-order valence-corrected chi connectivity index (χ1v) is 7.00. The number of imidazole rings is 1. The summed E-state index contributed by atoms with van der Waals surface area (Å²) in [6, 6.07) is 2.33. The molecule has 5 heteroatoms. The van der Waals surface area contributed by atoms with E-state index in [1.807, 2.05) is 4.57 Å². The lowest BCUT2D eigenvalue weighted by atomic mass is 9.75. The van der Waals surface area contributed by atoms with Crippen LogP contribution in [0.2, 0.25) is 0 Å². The van der Waals surface area contributed by atoms with Gasteiger partial charge in [-0.2, -0.15) is 0 Å². The molecule has 1 atom stereocenters. The van der Waals surface area contributed by atoms with Crippen LogP contribution in [0.5, 0.6) is 0 Å². The lowest BCUT2D eigenvalue weighted by Gasteiger charge is -2.36. The maximum atomic E-state index is 13.8. The summed E-state index contributed by atoms with van der Waals surface area (Å²) >= 11 is 0. The fourth-order valence-electron chi connectivity index (χ4n) is 3.40. The van der Waals surface area contributed by atoms with E-state index in [0.717, 1.165) is 25.3 Å². The zero-order valence-electron chi connectivity index (χ0n) is 11.8. The van der Waals surface area contributed by atoms with Crippen molar-refractivity contribution in [1.82, 2.24) is 9.55 Å². The third kappa shape index (κ3) is 2.15.